The molecule has 0 radical (unpaired) electrons. The number of nitrogens with two attached hydrogens (primary N) is 1. The molecule has 5 heteroatoms. The molecule has 190 valence electrons. The first-order chi connectivity index (χ1) is 15.7. The number of carbonyl (C=O) groups excluding carboxylic acids is 1. The minimum Gasteiger partial charge on any atom is -1.00 e. The number of fused-ring (bicyclic) bond motifs is 5. The van der Waals surface area contributed by atoms with E-state index in [0.717, 1.165) is 50.1 Å². The number of hydrogen-bond acceptors (Lipinski definition) is 3. The van der Waals surface area contributed by atoms with Gasteiger partial charge in [0.25, 0.3) is 0 Å². The standard InChI is InChI=1S/C29H43NO3.ClH/c1-18(26(32)19-7-5-4-6-8-19)30-17-20-15-25-23-10-9-21-16-22(31)11-13-28(21,2)24(23)12-14-29(25,3)27(20)33;/h4-8,18,20-26,30-32H,9-17H2,1-3H3;1H. The summed E-state index contributed by atoms with van der Waals surface area (Å²) in [5.41, 5.74) is 1.15. The van der Waals surface area contributed by atoms with E-state index in [4.69, 9.17) is 0 Å². The molecule has 5 rings (SSSR count). The number of hydrogen-bond donors (Lipinski definition) is 3. The molecule has 34 heavy (non-hydrogen) atoms. The van der Waals surface area contributed by atoms with Gasteiger partial charge in [0, 0.05) is 5.41 Å². The summed E-state index contributed by atoms with van der Waals surface area (Å²) in [6, 6.07) is 9.90. The molecule has 1 aromatic rings. The molecule has 4 aliphatic carbocycles. The maximum atomic E-state index is 13.7. The summed E-state index contributed by atoms with van der Waals surface area (Å²) in [5, 5.41) is 23.2. The zero-order valence-electron chi connectivity index (χ0n) is 21.1. The summed E-state index contributed by atoms with van der Waals surface area (Å²) >= 11 is 0. The second kappa shape index (κ2) is 9.84. The van der Waals surface area contributed by atoms with Crippen LogP contribution in [0.2, 0.25) is 0 Å². The van der Waals surface area contributed by atoms with E-state index in [1.165, 1.54) is 19.3 Å². The van der Waals surface area contributed by atoms with Crippen LogP contribution in [0.15, 0.2) is 30.3 Å². The van der Waals surface area contributed by atoms with Crippen LogP contribution in [0.25, 0.3) is 0 Å². The van der Waals surface area contributed by atoms with Crippen molar-refractivity contribution >= 4 is 5.78 Å². The molecule has 0 aromatic heterocycles. The fourth-order valence-electron chi connectivity index (χ4n) is 8.84. The van der Waals surface area contributed by atoms with Crippen molar-refractivity contribution in [2.24, 2.45) is 40.4 Å². The van der Waals surface area contributed by atoms with Gasteiger partial charge < -0.3 is 27.9 Å². The van der Waals surface area contributed by atoms with Crippen LogP contribution in [0.3, 0.4) is 0 Å². The molecule has 4 fully saturated rings. The van der Waals surface area contributed by atoms with Gasteiger partial charge in [0.05, 0.1) is 18.6 Å². The monoisotopic (exact) mass is 489 g/mol. The van der Waals surface area contributed by atoms with Crippen molar-refractivity contribution in [3.63, 3.8) is 0 Å². The molecule has 0 saturated heterocycles. The fraction of sp³-hybridized carbons (Fsp3) is 0.759. The normalized spacial score (nSPS) is 43.1. The lowest BCUT2D eigenvalue weighted by atomic mass is 9.45. The highest BCUT2D eigenvalue weighted by Gasteiger charge is 2.62. The van der Waals surface area contributed by atoms with E-state index in [2.05, 4.69) is 26.1 Å². The van der Waals surface area contributed by atoms with Gasteiger partial charge in [0.2, 0.25) is 0 Å². The predicted octanol–water partition coefficient (Wildman–Crippen LogP) is 0.875. The van der Waals surface area contributed by atoms with E-state index in [-0.39, 0.29) is 35.9 Å². The van der Waals surface area contributed by atoms with Crippen molar-refractivity contribution in [2.75, 3.05) is 6.54 Å². The molecule has 10 atom stereocenters. The first kappa shape index (κ1) is 26.1. The van der Waals surface area contributed by atoms with Gasteiger partial charge in [-0.2, -0.15) is 0 Å². The van der Waals surface area contributed by atoms with E-state index in [1.807, 2.05) is 30.3 Å². The number of ketones is 1. The van der Waals surface area contributed by atoms with E-state index < -0.39 is 6.10 Å². The second-order valence-electron chi connectivity index (χ2n) is 12.5. The summed E-state index contributed by atoms with van der Waals surface area (Å²) in [5.74, 6) is 3.17. The number of rotatable bonds is 5. The summed E-state index contributed by atoms with van der Waals surface area (Å²) in [6.45, 7) is 7.65. The van der Waals surface area contributed by atoms with Gasteiger partial charge in [-0.25, -0.2) is 0 Å². The van der Waals surface area contributed by atoms with Crippen LogP contribution in [0.4, 0.5) is 0 Å². The fourth-order valence-corrected chi connectivity index (χ4v) is 8.84. The smallest absolute Gasteiger partial charge is 0.147 e. The molecule has 4 aliphatic rings. The van der Waals surface area contributed by atoms with Crippen LogP contribution in [-0.4, -0.2) is 34.7 Å². The highest BCUT2D eigenvalue weighted by molar-refractivity contribution is 5.89. The quantitative estimate of drug-likeness (QED) is 0.574. The third-order valence-corrected chi connectivity index (χ3v) is 10.9. The number of quaternary nitrogens is 1. The summed E-state index contributed by atoms with van der Waals surface area (Å²) in [7, 11) is 0. The molecule has 1 aromatic carbocycles. The molecule has 10 unspecified atom stereocenters. The maximum Gasteiger partial charge on any atom is 0.147 e. The van der Waals surface area contributed by atoms with E-state index in [9.17, 15) is 15.0 Å². The topological polar surface area (TPSA) is 74.1 Å². The summed E-state index contributed by atoms with van der Waals surface area (Å²) in [4.78, 5) is 13.7. The Bertz CT molecular complexity index is 864. The third-order valence-electron chi connectivity index (χ3n) is 10.9. The Morgan fingerprint density at radius 2 is 1.76 bits per heavy atom. The van der Waals surface area contributed by atoms with Gasteiger partial charge >= 0.3 is 0 Å². The molecular weight excluding hydrogens is 446 g/mol. The van der Waals surface area contributed by atoms with E-state index in [1.54, 1.807) is 0 Å². The number of halogens is 1. The zero-order chi connectivity index (χ0) is 23.4. The molecule has 4 nitrogen and oxygen atoms in total. The summed E-state index contributed by atoms with van der Waals surface area (Å²) in [6.07, 6.45) is 8.21. The van der Waals surface area contributed by atoms with Gasteiger partial charge in [-0.15, -0.1) is 0 Å². The van der Waals surface area contributed by atoms with Crippen LogP contribution in [0, 0.1) is 40.4 Å². The lowest BCUT2D eigenvalue weighted by Crippen LogP contribution is -3.00. The van der Waals surface area contributed by atoms with Crippen LogP contribution in [0.1, 0.15) is 83.8 Å². The van der Waals surface area contributed by atoms with Gasteiger partial charge in [0.15, 0.2) is 0 Å². The average molecular weight is 490 g/mol. The van der Waals surface area contributed by atoms with E-state index >= 15 is 0 Å². The first-order valence-corrected chi connectivity index (χ1v) is 13.5. The Balaban J connectivity index is 0.00000274. The molecule has 0 spiro atoms. The van der Waals surface area contributed by atoms with Crippen molar-refractivity contribution < 1.29 is 32.7 Å². The third kappa shape index (κ3) is 4.27. The van der Waals surface area contributed by atoms with Crippen molar-refractivity contribution in [3.05, 3.63) is 35.9 Å². The number of carbonyl (C=O) groups is 1. The second-order valence-corrected chi connectivity index (χ2v) is 12.5. The largest absolute Gasteiger partial charge is 1.00 e. The zero-order valence-corrected chi connectivity index (χ0v) is 21.9. The van der Waals surface area contributed by atoms with Crippen LogP contribution < -0.4 is 17.7 Å². The molecule has 0 heterocycles. The van der Waals surface area contributed by atoms with Gasteiger partial charge in [0.1, 0.15) is 17.9 Å². The number of benzene rings is 1. The molecule has 0 bridgehead atoms. The van der Waals surface area contributed by atoms with Crippen LogP contribution in [0.5, 0.6) is 0 Å². The molecule has 0 aliphatic heterocycles. The van der Waals surface area contributed by atoms with Crippen molar-refractivity contribution in [1.29, 1.82) is 0 Å². The first-order valence-electron chi connectivity index (χ1n) is 13.5. The Morgan fingerprint density at radius 1 is 1.03 bits per heavy atom. The van der Waals surface area contributed by atoms with Crippen LogP contribution >= 0.6 is 0 Å². The molecule has 0 amide bonds. The molecular formula is C29H44ClNO3. The van der Waals surface area contributed by atoms with Gasteiger partial charge in [-0.1, -0.05) is 44.2 Å². The van der Waals surface area contributed by atoms with Crippen LogP contribution in [-0.2, 0) is 4.79 Å². The number of aliphatic hydroxyl groups excluding tert-OH is 2. The lowest BCUT2D eigenvalue weighted by Gasteiger charge is -2.60. The SMILES string of the molecule is CC([NH2+]CC1CC2C3CCC4CC(O)CCC4(C)C3CCC2(C)C1=O)C(O)c1ccccc1.[Cl-]. The summed E-state index contributed by atoms with van der Waals surface area (Å²) < 4.78 is 0. The molecule has 4 N–H and O–H groups in total. The maximum absolute atomic E-state index is 13.7. The predicted molar refractivity (Wildman–Crippen MR) is 129 cm³/mol. The Kier molecular flexibility index (Phi) is 7.56. The van der Waals surface area contributed by atoms with Gasteiger partial charge in [-0.3, -0.25) is 4.79 Å². The number of aliphatic hydroxyl groups is 2. The lowest BCUT2D eigenvalue weighted by molar-refractivity contribution is -0.697. The average Bonchev–Trinajstić information content (AvgIpc) is 3.08. The van der Waals surface area contributed by atoms with E-state index in [0.29, 0.717) is 29.0 Å². The van der Waals surface area contributed by atoms with Crippen molar-refractivity contribution in [2.45, 2.75) is 90.4 Å². The number of Topliss-reactive ketones (excluding diaryl/α,β-unsaturated/α-hetero) is 1. The minimum atomic E-state index is -0.512. The van der Waals surface area contributed by atoms with Crippen molar-refractivity contribution in [3.8, 4) is 0 Å². The minimum absolute atomic E-state index is 0. The highest BCUT2D eigenvalue weighted by Crippen LogP contribution is 2.66. The Morgan fingerprint density at radius 3 is 2.50 bits per heavy atom. The Hall–Kier alpha value is -0.940. The highest BCUT2D eigenvalue weighted by atomic mass is 35.5. The van der Waals surface area contributed by atoms with Gasteiger partial charge in [-0.05, 0) is 92.9 Å². The van der Waals surface area contributed by atoms with Crippen molar-refractivity contribution in [1.82, 2.24) is 0 Å². The Labute approximate surface area is 211 Å². The molecule has 4 saturated carbocycles.